The van der Waals surface area contributed by atoms with E-state index in [-0.39, 0.29) is 5.56 Å². The van der Waals surface area contributed by atoms with Crippen LogP contribution in [0.4, 0.5) is 11.4 Å². The zero-order chi connectivity index (χ0) is 22.8. The maximum atomic E-state index is 12.5. The Balaban J connectivity index is 2.17. The van der Waals surface area contributed by atoms with Crippen molar-refractivity contribution in [1.82, 2.24) is 4.57 Å². The molecule has 6 nitrogen and oxygen atoms in total. The average molecular weight is 458 g/mol. The molecule has 0 aliphatic carbocycles. The first kappa shape index (κ1) is 22.7. The lowest BCUT2D eigenvalue weighted by Crippen LogP contribution is -2.25. The van der Waals surface area contributed by atoms with Gasteiger partial charge in [0.25, 0.3) is 15.6 Å². The maximum Gasteiger partial charge on any atom is 0.273 e. The van der Waals surface area contributed by atoms with E-state index in [9.17, 15) is 13.2 Å². The van der Waals surface area contributed by atoms with Crippen LogP contribution in [0.2, 0.25) is 5.02 Å². The summed E-state index contributed by atoms with van der Waals surface area (Å²) >= 11 is 6.01. The molecule has 162 valence electrons. The highest BCUT2D eigenvalue weighted by Gasteiger charge is 2.14. The summed E-state index contributed by atoms with van der Waals surface area (Å²) in [6.07, 6.45) is 2.36. The molecular weight excluding hydrogens is 434 g/mol. The number of nitrogens with zero attached hydrogens (tertiary/aromatic N) is 2. The predicted molar refractivity (Wildman–Crippen MR) is 128 cm³/mol. The minimum atomic E-state index is -3.65. The monoisotopic (exact) mass is 457 g/mol. The van der Waals surface area contributed by atoms with Crippen LogP contribution in [-0.2, 0) is 23.5 Å². The lowest BCUT2D eigenvalue weighted by atomic mass is 9.95. The summed E-state index contributed by atoms with van der Waals surface area (Å²) in [5, 5.41) is 1.52. The largest absolute Gasteiger partial charge is 0.373 e. The molecule has 0 aliphatic heterocycles. The number of hydrogen-bond donors (Lipinski definition) is 1. The van der Waals surface area contributed by atoms with Crippen LogP contribution < -0.4 is 15.2 Å². The van der Waals surface area contributed by atoms with Gasteiger partial charge in [0.1, 0.15) is 5.69 Å². The van der Waals surface area contributed by atoms with Crippen molar-refractivity contribution in [2.45, 2.75) is 6.42 Å². The first-order valence-corrected chi connectivity index (χ1v) is 11.4. The molecule has 0 fully saturated rings. The second-order valence-corrected chi connectivity index (χ2v) is 9.48. The number of benzene rings is 2. The van der Waals surface area contributed by atoms with Gasteiger partial charge in [-0.3, -0.25) is 9.52 Å². The van der Waals surface area contributed by atoms with E-state index < -0.39 is 10.0 Å². The van der Waals surface area contributed by atoms with Gasteiger partial charge in [0, 0.05) is 49.0 Å². The van der Waals surface area contributed by atoms with Crippen LogP contribution in [0.3, 0.4) is 0 Å². The molecule has 0 radical (unpaired) electrons. The van der Waals surface area contributed by atoms with Crippen LogP contribution in [0.15, 0.2) is 71.5 Å². The Bertz CT molecular complexity index is 1280. The third kappa shape index (κ3) is 5.37. The van der Waals surface area contributed by atoms with E-state index in [2.05, 4.69) is 11.3 Å². The van der Waals surface area contributed by atoms with E-state index in [1.165, 1.54) is 4.57 Å². The number of aryl methyl sites for hydroxylation is 1. The Hall–Kier alpha value is -3.03. The van der Waals surface area contributed by atoms with E-state index in [1.807, 2.05) is 50.5 Å². The van der Waals surface area contributed by atoms with Gasteiger partial charge >= 0.3 is 0 Å². The Morgan fingerprint density at radius 1 is 1.13 bits per heavy atom. The summed E-state index contributed by atoms with van der Waals surface area (Å²) in [5.41, 5.74) is 4.49. The van der Waals surface area contributed by atoms with Gasteiger partial charge in [0.05, 0.1) is 0 Å². The van der Waals surface area contributed by atoms with Gasteiger partial charge in [-0.2, -0.15) is 0 Å². The lowest BCUT2D eigenvalue weighted by molar-refractivity contribution is 0.609. The van der Waals surface area contributed by atoms with Crippen molar-refractivity contribution in [3.63, 3.8) is 0 Å². The fourth-order valence-electron chi connectivity index (χ4n) is 3.25. The quantitative estimate of drug-likeness (QED) is 0.575. The minimum Gasteiger partial charge on any atom is -0.373 e. The number of halogens is 1. The Morgan fingerprint density at radius 3 is 2.42 bits per heavy atom. The van der Waals surface area contributed by atoms with E-state index in [0.717, 1.165) is 27.7 Å². The topological polar surface area (TPSA) is 71.4 Å². The van der Waals surface area contributed by atoms with Gasteiger partial charge in [-0.1, -0.05) is 36.4 Å². The molecule has 3 rings (SSSR count). The molecule has 0 unspecified atom stereocenters. The van der Waals surface area contributed by atoms with E-state index in [4.69, 9.17) is 11.6 Å². The molecule has 31 heavy (non-hydrogen) atoms. The third-order valence-electron chi connectivity index (χ3n) is 4.85. The zero-order valence-corrected chi connectivity index (χ0v) is 19.2. The van der Waals surface area contributed by atoms with Crippen molar-refractivity contribution in [2.24, 2.45) is 7.05 Å². The highest BCUT2D eigenvalue weighted by atomic mass is 35.5. The van der Waals surface area contributed by atoms with Crippen molar-refractivity contribution >= 4 is 33.0 Å². The van der Waals surface area contributed by atoms with Gasteiger partial charge in [-0.25, -0.2) is 8.42 Å². The standard InChI is InChI=1S/C23H24ClN3O3S/c1-5-31(29,30)25-20-11-8-17(12-16-6-9-19(24)10-7-16)21(14-20)18-13-22(26(2)3)23(28)27(4)15-18/h5-11,13-15,25H,1,12H2,2-4H3. The summed E-state index contributed by atoms with van der Waals surface area (Å²) in [5.74, 6) is 0. The SMILES string of the molecule is C=CS(=O)(=O)Nc1ccc(Cc2ccc(Cl)cc2)c(-c2cc(N(C)C)c(=O)n(C)c2)c1. The molecule has 0 spiro atoms. The number of anilines is 2. The fourth-order valence-corrected chi connectivity index (χ4v) is 3.92. The normalized spacial score (nSPS) is 11.2. The van der Waals surface area contributed by atoms with Crippen LogP contribution in [0.1, 0.15) is 11.1 Å². The average Bonchev–Trinajstić information content (AvgIpc) is 2.72. The van der Waals surface area contributed by atoms with Crippen LogP contribution in [0.5, 0.6) is 0 Å². The number of hydrogen-bond acceptors (Lipinski definition) is 4. The van der Waals surface area contributed by atoms with Crippen molar-refractivity contribution in [2.75, 3.05) is 23.7 Å². The molecular formula is C23H24ClN3O3S. The second kappa shape index (κ2) is 8.99. The molecule has 1 N–H and O–H groups in total. The van der Waals surface area contributed by atoms with Gasteiger partial charge in [-0.05, 0) is 53.4 Å². The van der Waals surface area contributed by atoms with Crippen LogP contribution in [-0.4, -0.2) is 27.1 Å². The molecule has 0 amide bonds. The number of sulfonamides is 1. The number of rotatable bonds is 7. The summed E-state index contributed by atoms with van der Waals surface area (Å²) in [6, 6.07) is 14.7. The fraction of sp³-hybridized carbons (Fsp3) is 0.174. The summed E-state index contributed by atoms with van der Waals surface area (Å²) in [6.45, 7) is 3.34. The van der Waals surface area contributed by atoms with Gasteiger partial charge in [0.15, 0.2) is 0 Å². The highest BCUT2D eigenvalue weighted by molar-refractivity contribution is 7.95. The van der Waals surface area contributed by atoms with Crippen molar-refractivity contribution in [1.29, 1.82) is 0 Å². The summed E-state index contributed by atoms with van der Waals surface area (Å²) < 4.78 is 28.0. The minimum absolute atomic E-state index is 0.114. The predicted octanol–water partition coefficient (Wildman–Crippen LogP) is 4.25. The van der Waals surface area contributed by atoms with Crippen LogP contribution in [0.25, 0.3) is 11.1 Å². The molecule has 0 saturated carbocycles. The van der Waals surface area contributed by atoms with Crippen molar-refractivity contribution < 1.29 is 8.42 Å². The van der Waals surface area contributed by atoms with Gasteiger partial charge in [-0.15, -0.1) is 0 Å². The molecule has 0 bridgehead atoms. The highest BCUT2D eigenvalue weighted by Crippen LogP contribution is 2.30. The number of pyridine rings is 1. The molecule has 2 aromatic carbocycles. The zero-order valence-electron chi connectivity index (χ0n) is 17.6. The number of aromatic nitrogens is 1. The van der Waals surface area contributed by atoms with Gasteiger partial charge in [0.2, 0.25) is 0 Å². The van der Waals surface area contributed by atoms with E-state index in [1.54, 1.807) is 30.3 Å². The first-order chi connectivity index (χ1) is 14.6. The Labute approximate surface area is 187 Å². The molecule has 0 saturated heterocycles. The molecule has 1 aromatic heterocycles. The Morgan fingerprint density at radius 2 is 1.81 bits per heavy atom. The van der Waals surface area contributed by atoms with Crippen LogP contribution >= 0.6 is 11.6 Å². The smallest absolute Gasteiger partial charge is 0.273 e. The molecule has 8 heteroatoms. The van der Waals surface area contributed by atoms with Crippen molar-refractivity contribution in [3.05, 3.63) is 93.2 Å². The third-order valence-corrected chi connectivity index (χ3v) is 6.07. The molecule has 1 heterocycles. The summed E-state index contributed by atoms with van der Waals surface area (Å²) in [4.78, 5) is 14.3. The van der Waals surface area contributed by atoms with Crippen molar-refractivity contribution in [3.8, 4) is 11.1 Å². The molecule has 3 aromatic rings. The Kier molecular flexibility index (Phi) is 6.57. The maximum absolute atomic E-state index is 12.5. The van der Waals surface area contributed by atoms with Crippen LogP contribution in [0, 0.1) is 0 Å². The number of nitrogens with one attached hydrogen (secondary N) is 1. The molecule has 0 aliphatic rings. The summed E-state index contributed by atoms with van der Waals surface area (Å²) in [7, 11) is 1.67. The lowest BCUT2D eigenvalue weighted by Gasteiger charge is -2.18. The first-order valence-electron chi connectivity index (χ1n) is 9.50. The van der Waals surface area contributed by atoms with Gasteiger partial charge < -0.3 is 9.47 Å². The van der Waals surface area contributed by atoms with E-state index >= 15 is 0 Å². The van der Waals surface area contributed by atoms with E-state index in [0.29, 0.717) is 22.8 Å². The second-order valence-electron chi connectivity index (χ2n) is 7.41. The molecule has 0 atom stereocenters.